The Morgan fingerprint density at radius 3 is 2.89 bits per heavy atom. The van der Waals surface area contributed by atoms with Gasteiger partial charge in [-0.25, -0.2) is 0 Å². The zero-order valence-corrected chi connectivity index (χ0v) is 10.5. The van der Waals surface area contributed by atoms with Gasteiger partial charge in [0.25, 0.3) is 5.91 Å². The summed E-state index contributed by atoms with van der Waals surface area (Å²) in [6.45, 7) is 4.61. The van der Waals surface area contributed by atoms with Gasteiger partial charge in [0.2, 0.25) is 0 Å². The fourth-order valence-electron chi connectivity index (χ4n) is 2.54. The van der Waals surface area contributed by atoms with Crippen molar-refractivity contribution in [1.82, 2.24) is 4.90 Å². The van der Waals surface area contributed by atoms with Crippen LogP contribution in [0.3, 0.4) is 0 Å². The van der Waals surface area contributed by atoms with Crippen molar-refractivity contribution in [1.29, 1.82) is 0 Å². The number of hydrogen-bond donors (Lipinski definition) is 0. The van der Waals surface area contributed by atoms with Crippen molar-refractivity contribution in [3.63, 3.8) is 0 Å². The van der Waals surface area contributed by atoms with E-state index in [9.17, 15) is 4.79 Å². The lowest BCUT2D eigenvalue weighted by molar-refractivity contribution is 0.0300. The first-order chi connectivity index (χ1) is 8.75. The van der Waals surface area contributed by atoms with E-state index >= 15 is 0 Å². The first kappa shape index (κ1) is 11.5. The zero-order valence-electron chi connectivity index (χ0n) is 10.5. The Hall–Kier alpha value is -1.55. The Labute approximate surface area is 106 Å². The van der Waals surface area contributed by atoms with E-state index in [0.717, 1.165) is 17.7 Å². The molecule has 0 saturated carbocycles. The third-order valence-electron chi connectivity index (χ3n) is 3.45. The first-order valence-electron chi connectivity index (χ1n) is 6.41. The molecule has 0 aliphatic carbocycles. The van der Waals surface area contributed by atoms with Crippen molar-refractivity contribution in [3.05, 3.63) is 29.3 Å². The lowest BCUT2D eigenvalue weighted by Gasteiger charge is -2.27. The molecule has 1 amide bonds. The predicted octanol–water partition coefficient (Wildman–Crippen LogP) is 1.48. The number of hydrogen-bond acceptors (Lipinski definition) is 3. The molecule has 0 N–H and O–H groups in total. The predicted molar refractivity (Wildman–Crippen MR) is 67.0 cm³/mol. The normalized spacial score (nSPS) is 22.5. The largest absolute Gasteiger partial charge is 0.489 e. The maximum absolute atomic E-state index is 12.5. The number of rotatable bonds is 1. The summed E-state index contributed by atoms with van der Waals surface area (Å²) in [5, 5.41) is 0. The monoisotopic (exact) mass is 247 g/mol. The molecule has 1 aromatic carbocycles. The number of benzene rings is 1. The van der Waals surface area contributed by atoms with Gasteiger partial charge in [-0.3, -0.25) is 4.79 Å². The van der Waals surface area contributed by atoms with Crippen LogP contribution in [0, 0.1) is 0 Å². The summed E-state index contributed by atoms with van der Waals surface area (Å²) >= 11 is 0. The molecule has 1 saturated heterocycles. The fourth-order valence-corrected chi connectivity index (χ4v) is 2.54. The summed E-state index contributed by atoms with van der Waals surface area (Å²) in [4.78, 5) is 14.3. The van der Waals surface area contributed by atoms with E-state index in [0.29, 0.717) is 31.9 Å². The molecule has 18 heavy (non-hydrogen) atoms. The highest BCUT2D eigenvalue weighted by Crippen LogP contribution is 2.33. The second-order valence-electron chi connectivity index (χ2n) is 4.83. The van der Waals surface area contributed by atoms with Crippen molar-refractivity contribution in [2.45, 2.75) is 19.4 Å². The quantitative estimate of drug-likeness (QED) is 0.754. The average molecular weight is 247 g/mol. The number of amides is 1. The van der Waals surface area contributed by atoms with E-state index in [1.54, 1.807) is 0 Å². The molecule has 0 aromatic heterocycles. The molecule has 0 spiro atoms. The summed E-state index contributed by atoms with van der Waals surface area (Å²) in [5.74, 6) is 0.839. The van der Waals surface area contributed by atoms with Crippen LogP contribution in [0.25, 0.3) is 0 Å². The molecule has 0 bridgehead atoms. The van der Waals surface area contributed by atoms with Gasteiger partial charge in [0.1, 0.15) is 11.9 Å². The number of carbonyl (C=O) groups is 1. The Bertz CT molecular complexity index is 466. The van der Waals surface area contributed by atoms with Crippen molar-refractivity contribution in [2.24, 2.45) is 0 Å². The zero-order chi connectivity index (χ0) is 12.5. The van der Waals surface area contributed by atoms with Gasteiger partial charge in [0.05, 0.1) is 18.8 Å². The average Bonchev–Trinajstić information content (AvgIpc) is 2.79. The molecule has 1 aromatic rings. The van der Waals surface area contributed by atoms with Gasteiger partial charge in [-0.15, -0.1) is 0 Å². The minimum Gasteiger partial charge on any atom is -0.489 e. The van der Waals surface area contributed by atoms with Crippen molar-refractivity contribution < 1.29 is 14.3 Å². The minimum absolute atomic E-state index is 0.0595. The highest BCUT2D eigenvalue weighted by molar-refractivity contribution is 5.97. The molecule has 2 aliphatic rings. The van der Waals surface area contributed by atoms with Crippen LogP contribution in [0.15, 0.2) is 18.2 Å². The van der Waals surface area contributed by atoms with Crippen LogP contribution in [0.4, 0.5) is 0 Å². The SMILES string of the molecule is CC1Cc2cccc(C(=O)N3CCOCC3)c2O1. The molecule has 0 radical (unpaired) electrons. The van der Waals surface area contributed by atoms with Gasteiger partial charge < -0.3 is 14.4 Å². The number of carbonyl (C=O) groups excluding carboxylic acids is 1. The van der Waals surface area contributed by atoms with Gasteiger partial charge in [-0.2, -0.15) is 0 Å². The number of morpholine rings is 1. The molecule has 96 valence electrons. The van der Waals surface area contributed by atoms with Gasteiger partial charge in [-0.1, -0.05) is 12.1 Å². The third-order valence-corrected chi connectivity index (χ3v) is 3.45. The van der Waals surface area contributed by atoms with E-state index in [1.807, 2.05) is 30.0 Å². The molecular formula is C14H17NO3. The Kier molecular flexibility index (Phi) is 2.96. The molecule has 4 heteroatoms. The number of nitrogens with zero attached hydrogens (tertiary/aromatic N) is 1. The maximum Gasteiger partial charge on any atom is 0.257 e. The van der Waals surface area contributed by atoms with Crippen LogP contribution >= 0.6 is 0 Å². The fraction of sp³-hybridized carbons (Fsp3) is 0.500. The molecule has 1 unspecified atom stereocenters. The summed E-state index contributed by atoms with van der Waals surface area (Å²) < 4.78 is 11.0. The molecule has 2 heterocycles. The molecule has 3 rings (SSSR count). The van der Waals surface area contributed by atoms with Crippen LogP contribution in [0.5, 0.6) is 5.75 Å². The number of fused-ring (bicyclic) bond motifs is 1. The summed E-state index contributed by atoms with van der Waals surface area (Å²) in [7, 11) is 0. The lowest BCUT2D eigenvalue weighted by atomic mass is 10.1. The van der Waals surface area contributed by atoms with Crippen LogP contribution in [0.1, 0.15) is 22.8 Å². The molecule has 1 fully saturated rings. The second-order valence-corrected chi connectivity index (χ2v) is 4.83. The van der Waals surface area contributed by atoms with Gasteiger partial charge in [-0.05, 0) is 18.6 Å². The van der Waals surface area contributed by atoms with Gasteiger partial charge in [0, 0.05) is 19.5 Å². The molecule has 1 atom stereocenters. The molecular weight excluding hydrogens is 230 g/mol. The van der Waals surface area contributed by atoms with Crippen LogP contribution in [-0.4, -0.2) is 43.2 Å². The topological polar surface area (TPSA) is 38.8 Å². The van der Waals surface area contributed by atoms with Gasteiger partial charge in [0.15, 0.2) is 0 Å². The van der Waals surface area contributed by atoms with E-state index in [2.05, 4.69) is 0 Å². The second kappa shape index (κ2) is 4.61. The standard InChI is InChI=1S/C14H17NO3/c1-10-9-11-3-2-4-12(13(11)18-10)14(16)15-5-7-17-8-6-15/h2-4,10H,5-9H2,1H3. The first-order valence-corrected chi connectivity index (χ1v) is 6.41. The molecule has 4 nitrogen and oxygen atoms in total. The van der Waals surface area contributed by atoms with Crippen LogP contribution in [0.2, 0.25) is 0 Å². The van der Waals surface area contributed by atoms with Crippen LogP contribution in [-0.2, 0) is 11.2 Å². The minimum atomic E-state index is 0.0595. The number of ether oxygens (including phenoxy) is 2. The van der Waals surface area contributed by atoms with E-state index in [-0.39, 0.29) is 12.0 Å². The van der Waals surface area contributed by atoms with Crippen molar-refractivity contribution >= 4 is 5.91 Å². The van der Waals surface area contributed by atoms with Crippen LogP contribution < -0.4 is 4.74 Å². The summed E-state index contributed by atoms with van der Waals surface area (Å²) in [6.07, 6.45) is 1.05. The lowest BCUT2D eigenvalue weighted by Crippen LogP contribution is -2.40. The maximum atomic E-state index is 12.5. The Morgan fingerprint density at radius 2 is 2.11 bits per heavy atom. The van der Waals surface area contributed by atoms with Gasteiger partial charge >= 0.3 is 0 Å². The van der Waals surface area contributed by atoms with Crippen molar-refractivity contribution in [2.75, 3.05) is 26.3 Å². The van der Waals surface area contributed by atoms with Crippen molar-refractivity contribution in [3.8, 4) is 5.75 Å². The Balaban J connectivity index is 1.88. The summed E-state index contributed by atoms with van der Waals surface area (Å²) in [5.41, 5.74) is 1.83. The highest BCUT2D eigenvalue weighted by Gasteiger charge is 2.27. The summed E-state index contributed by atoms with van der Waals surface area (Å²) in [6, 6.07) is 5.83. The smallest absolute Gasteiger partial charge is 0.257 e. The van der Waals surface area contributed by atoms with E-state index in [4.69, 9.17) is 9.47 Å². The highest BCUT2D eigenvalue weighted by atomic mass is 16.5. The van der Waals surface area contributed by atoms with E-state index < -0.39 is 0 Å². The third kappa shape index (κ3) is 1.97. The Morgan fingerprint density at radius 1 is 1.33 bits per heavy atom. The molecule has 2 aliphatic heterocycles. The van der Waals surface area contributed by atoms with E-state index in [1.165, 1.54) is 0 Å². The number of para-hydroxylation sites is 1.